The highest BCUT2D eigenvalue weighted by Gasteiger charge is 2.18. The molecule has 2 aliphatic rings. The van der Waals surface area contributed by atoms with E-state index in [1.54, 1.807) is 12.1 Å². The Morgan fingerprint density at radius 1 is 0.970 bits per heavy atom. The molecule has 1 aliphatic carbocycles. The van der Waals surface area contributed by atoms with E-state index in [1.165, 1.54) is 19.3 Å². The van der Waals surface area contributed by atoms with E-state index in [1.807, 2.05) is 36.4 Å². The normalized spacial score (nSPS) is 18.5. The molecular weight excluding hydrogens is 418 g/mol. The number of carbonyl (C=O) groups excluding carboxylic acids is 2. The molecule has 0 aromatic heterocycles. The lowest BCUT2D eigenvalue weighted by Gasteiger charge is -2.22. The molecule has 0 radical (unpaired) electrons. The van der Waals surface area contributed by atoms with Crippen molar-refractivity contribution >= 4 is 23.2 Å². The van der Waals surface area contributed by atoms with Gasteiger partial charge in [0.15, 0.2) is 0 Å². The van der Waals surface area contributed by atoms with Crippen LogP contribution in [0.25, 0.3) is 0 Å². The molecule has 7 heteroatoms. The second-order valence-electron chi connectivity index (χ2n) is 8.73. The van der Waals surface area contributed by atoms with E-state index in [2.05, 4.69) is 16.0 Å². The van der Waals surface area contributed by atoms with Gasteiger partial charge < -0.3 is 25.4 Å². The number of hydrogen-bond acceptors (Lipinski definition) is 5. The first kappa shape index (κ1) is 23.1. The summed E-state index contributed by atoms with van der Waals surface area (Å²) in [4.78, 5) is 25.1. The van der Waals surface area contributed by atoms with Crippen molar-refractivity contribution in [2.45, 2.75) is 57.1 Å². The molecular formula is C26H33N3O4. The van der Waals surface area contributed by atoms with Crippen LogP contribution in [0.2, 0.25) is 0 Å². The lowest BCUT2D eigenvalue weighted by Crippen LogP contribution is -2.36. The molecule has 2 amide bonds. The van der Waals surface area contributed by atoms with Gasteiger partial charge in [-0.1, -0.05) is 37.5 Å². The van der Waals surface area contributed by atoms with Crippen molar-refractivity contribution in [1.29, 1.82) is 0 Å². The van der Waals surface area contributed by atoms with Gasteiger partial charge >= 0.3 is 0 Å². The maximum absolute atomic E-state index is 12.6. The number of nitrogens with one attached hydrogen (secondary N) is 3. The van der Waals surface area contributed by atoms with Crippen LogP contribution in [-0.2, 0) is 9.53 Å². The molecule has 1 saturated heterocycles. The highest BCUT2D eigenvalue weighted by Crippen LogP contribution is 2.25. The molecule has 176 valence electrons. The Labute approximate surface area is 195 Å². The maximum atomic E-state index is 12.6. The van der Waals surface area contributed by atoms with Crippen LogP contribution in [0, 0.1) is 0 Å². The topological polar surface area (TPSA) is 88.7 Å². The lowest BCUT2D eigenvalue weighted by molar-refractivity contribution is -0.114. The zero-order valence-corrected chi connectivity index (χ0v) is 19.0. The summed E-state index contributed by atoms with van der Waals surface area (Å²) in [5.74, 6) is 0.371. The Bertz CT molecular complexity index is 937. The van der Waals surface area contributed by atoms with Crippen LogP contribution in [0.5, 0.6) is 5.75 Å². The fraction of sp³-hybridized carbons (Fsp3) is 0.462. The SMILES string of the molecule is O=C(CNc1cccc(C(=O)NC2CCCCC2)c1)Nc1ccccc1OCC1CCCO1. The Hall–Kier alpha value is -3.06. The molecule has 2 aromatic rings. The van der Waals surface area contributed by atoms with Gasteiger partial charge in [0.1, 0.15) is 12.4 Å². The Balaban J connectivity index is 1.27. The number of anilines is 2. The molecule has 2 aromatic carbocycles. The number of para-hydroxylation sites is 2. The van der Waals surface area contributed by atoms with Gasteiger partial charge in [-0.3, -0.25) is 9.59 Å². The molecule has 7 nitrogen and oxygen atoms in total. The second kappa shape index (κ2) is 11.7. The second-order valence-corrected chi connectivity index (χ2v) is 8.73. The van der Waals surface area contributed by atoms with E-state index in [-0.39, 0.29) is 30.5 Å². The first-order valence-corrected chi connectivity index (χ1v) is 12.0. The highest BCUT2D eigenvalue weighted by molar-refractivity contribution is 5.96. The summed E-state index contributed by atoms with van der Waals surface area (Å²) in [7, 11) is 0. The predicted molar refractivity (Wildman–Crippen MR) is 129 cm³/mol. The summed E-state index contributed by atoms with van der Waals surface area (Å²) in [5.41, 5.74) is 1.95. The minimum Gasteiger partial charge on any atom is -0.489 e. The zero-order valence-electron chi connectivity index (χ0n) is 19.0. The molecule has 1 atom stereocenters. The van der Waals surface area contributed by atoms with Crippen LogP contribution in [-0.4, -0.2) is 43.7 Å². The van der Waals surface area contributed by atoms with Gasteiger partial charge in [0.25, 0.3) is 5.91 Å². The molecule has 33 heavy (non-hydrogen) atoms. The maximum Gasteiger partial charge on any atom is 0.251 e. The van der Waals surface area contributed by atoms with Crippen molar-refractivity contribution in [2.24, 2.45) is 0 Å². The fourth-order valence-corrected chi connectivity index (χ4v) is 4.32. The molecule has 1 saturated carbocycles. The van der Waals surface area contributed by atoms with Crippen LogP contribution in [0.3, 0.4) is 0 Å². The first-order valence-electron chi connectivity index (χ1n) is 12.0. The molecule has 1 aliphatic heterocycles. The third kappa shape index (κ3) is 6.96. The van der Waals surface area contributed by atoms with Crippen molar-refractivity contribution in [1.82, 2.24) is 5.32 Å². The van der Waals surface area contributed by atoms with Crippen LogP contribution >= 0.6 is 0 Å². The van der Waals surface area contributed by atoms with Crippen molar-refractivity contribution in [3.8, 4) is 5.75 Å². The summed E-state index contributed by atoms with van der Waals surface area (Å²) in [6.07, 6.45) is 7.84. The fourth-order valence-electron chi connectivity index (χ4n) is 4.32. The van der Waals surface area contributed by atoms with Crippen molar-refractivity contribution < 1.29 is 19.1 Å². The van der Waals surface area contributed by atoms with Gasteiger partial charge in [0.05, 0.1) is 18.3 Å². The standard InChI is InChI=1S/C26H33N3O4/c30-25(29-23-13-4-5-14-24(23)33-18-22-12-7-15-32-22)17-27-21-11-6-8-19(16-21)26(31)28-20-9-2-1-3-10-20/h4-6,8,11,13-14,16,20,22,27H,1-3,7,9-10,12,15,17-18H2,(H,28,31)(H,29,30). The molecule has 2 fully saturated rings. The number of rotatable bonds is 9. The predicted octanol–water partition coefficient (Wildman–Crippen LogP) is 4.36. The van der Waals surface area contributed by atoms with Crippen molar-refractivity contribution in [2.75, 3.05) is 30.4 Å². The number of hydrogen-bond donors (Lipinski definition) is 3. The van der Waals surface area contributed by atoms with E-state index in [0.717, 1.165) is 38.0 Å². The van der Waals surface area contributed by atoms with Gasteiger partial charge in [-0.25, -0.2) is 0 Å². The largest absolute Gasteiger partial charge is 0.489 e. The Morgan fingerprint density at radius 2 is 1.82 bits per heavy atom. The molecule has 0 bridgehead atoms. The molecule has 3 N–H and O–H groups in total. The Morgan fingerprint density at radius 3 is 2.64 bits per heavy atom. The summed E-state index contributed by atoms with van der Waals surface area (Å²) in [6, 6.07) is 14.9. The third-order valence-electron chi connectivity index (χ3n) is 6.13. The van der Waals surface area contributed by atoms with Gasteiger partial charge in [-0.2, -0.15) is 0 Å². The minimum atomic E-state index is -0.194. The summed E-state index contributed by atoms with van der Waals surface area (Å²) < 4.78 is 11.5. The molecule has 0 spiro atoms. The highest BCUT2D eigenvalue weighted by atomic mass is 16.5. The van der Waals surface area contributed by atoms with Gasteiger partial charge in [-0.05, 0) is 56.0 Å². The molecule has 1 unspecified atom stereocenters. The third-order valence-corrected chi connectivity index (χ3v) is 6.13. The number of ether oxygens (including phenoxy) is 2. The summed E-state index contributed by atoms with van der Waals surface area (Å²) in [6.45, 7) is 1.33. The smallest absolute Gasteiger partial charge is 0.251 e. The van der Waals surface area contributed by atoms with Gasteiger partial charge in [-0.15, -0.1) is 0 Å². The number of carbonyl (C=O) groups is 2. The van der Waals surface area contributed by atoms with E-state index < -0.39 is 0 Å². The van der Waals surface area contributed by atoms with E-state index in [4.69, 9.17) is 9.47 Å². The first-order chi connectivity index (χ1) is 16.2. The summed E-state index contributed by atoms with van der Waals surface area (Å²) in [5, 5.41) is 9.14. The van der Waals surface area contributed by atoms with Crippen LogP contribution in [0.15, 0.2) is 48.5 Å². The number of benzene rings is 2. The van der Waals surface area contributed by atoms with Crippen LogP contribution in [0.1, 0.15) is 55.3 Å². The number of amides is 2. The zero-order chi connectivity index (χ0) is 22.9. The summed E-state index contributed by atoms with van der Waals surface area (Å²) >= 11 is 0. The molecule has 4 rings (SSSR count). The van der Waals surface area contributed by atoms with E-state index >= 15 is 0 Å². The lowest BCUT2D eigenvalue weighted by atomic mass is 9.95. The van der Waals surface area contributed by atoms with Crippen molar-refractivity contribution in [3.05, 3.63) is 54.1 Å². The van der Waals surface area contributed by atoms with E-state index in [0.29, 0.717) is 23.6 Å². The monoisotopic (exact) mass is 451 g/mol. The molecule has 1 heterocycles. The Kier molecular flexibility index (Phi) is 8.19. The van der Waals surface area contributed by atoms with Crippen LogP contribution < -0.4 is 20.7 Å². The minimum absolute atomic E-state index is 0.0627. The van der Waals surface area contributed by atoms with Gasteiger partial charge in [0, 0.05) is 23.9 Å². The van der Waals surface area contributed by atoms with Crippen molar-refractivity contribution in [3.63, 3.8) is 0 Å². The average molecular weight is 452 g/mol. The van der Waals surface area contributed by atoms with Gasteiger partial charge in [0.2, 0.25) is 5.91 Å². The van der Waals surface area contributed by atoms with E-state index in [9.17, 15) is 9.59 Å². The quantitative estimate of drug-likeness (QED) is 0.527. The average Bonchev–Trinajstić information content (AvgIpc) is 3.37. The van der Waals surface area contributed by atoms with Crippen LogP contribution in [0.4, 0.5) is 11.4 Å².